The summed E-state index contributed by atoms with van der Waals surface area (Å²) in [6, 6.07) is 3.88. The molecule has 0 amide bonds. The third kappa shape index (κ3) is 4.01. The Morgan fingerprint density at radius 3 is 2.61 bits per heavy atom. The number of hydrogen-bond donors (Lipinski definition) is 1. The van der Waals surface area contributed by atoms with Crippen molar-refractivity contribution in [3.63, 3.8) is 0 Å². The van der Waals surface area contributed by atoms with Gasteiger partial charge in [-0.2, -0.15) is 18.3 Å². The van der Waals surface area contributed by atoms with Crippen molar-refractivity contribution < 1.29 is 13.2 Å². The lowest BCUT2D eigenvalue weighted by Gasteiger charge is -2.25. The fourth-order valence-electron chi connectivity index (χ4n) is 4.12. The Labute approximate surface area is 167 Å². The van der Waals surface area contributed by atoms with Gasteiger partial charge in [0.25, 0.3) is 0 Å². The monoisotopic (exact) mass is 412 g/mol. The molecule has 3 heterocycles. The van der Waals surface area contributed by atoms with E-state index in [1.807, 2.05) is 0 Å². The van der Waals surface area contributed by atoms with Crippen LogP contribution in [0.4, 0.5) is 19.0 Å². The molecule has 4 nitrogen and oxygen atoms in total. The molecule has 1 aromatic carbocycles. The molecule has 0 radical (unpaired) electrons. The van der Waals surface area contributed by atoms with Crippen LogP contribution in [0.5, 0.6) is 0 Å². The van der Waals surface area contributed by atoms with Crippen LogP contribution in [0.15, 0.2) is 18.2 Å². The molecule has 2 aromatic rings. The molecule has 152 valence electrons. The van der Waals surface area contributed by atoms with E-state index in [0.717, 1.165) is 69.1 Å². The number of anilines is 1. The first-order valence-corrected chi connectivity index (χ1v) is 10.3. The van der Waals surface area contributed by atoms with E-state index in [-0.39, 0.29) is 10.7 Å². The summed E-state index contributed by atoms with van der Waals surface area (Å²) < 4.78 is 42.5. The van der Waals surface area contributed by atoms with Gasteiger partial charge in [-0.3, -0.25) is 4.90 Å². The van der Waals surface area contributed by atoms with Crippen LogP contribution in [0.3, 0.4) is 0 Å². The average Bonchev–Trinajstić information content (AvgIpc) is 2.84. The Morgan fingerprint density at radius 1 is 1.07 bits per heavy atom. The highest BCUT2D eigenvalue weighted by molar-refractivity contribution is 6.30. The third-order valence-electron chi connectivity index (χ3n) is 5.53. The first kappa shape index (κ1) is 19.6. The molecule has 0 unspecified atom stereocenters. The van der Waals surface area contributed by atoms with Crippen LogP contribution in [0.1, 0.15) is 48.9 Å². The first-order valence-electron chi connectivity index (χ1n) is 9.87. The van der Waals surface area contributed by atoms with Gasteiger partial charge in [0, 0.05) is 23.7 Å². The quantitative estimate of drug-likeness (QED) is 0.744. The Kier molecular flexibility index (Phi) is 5.56. The van der Waals surface area contributed by atoms with Gasteiger partial charge >= 0.3 is 6.18 Å². The highest BCUT2D eigenvalue weighted by Crippen LogP contribution is 2.38. The molecule has 28 heavy (non-hydrogen) atoms. The number of hydrogen-bond acceptors (Lipinski definition) is 3. The number of aromatic nitrogens is 2. The van der Waals surface area contributed by atoms with E-state index in [1.54, 1.807) is 0 Å². The summed E-state index contributed by atoms with van der Waals surface area (Å²) in [6.45, 7) is 3.45. The van der Waals surface area contributed by atoms with Gasteiger partial charge in [0.05, 0.1) is 16.9 Å². The molecule has 0 aliphatic carbocycles. The van der Waals surface area contributed by atoms with E-state index in [9.17, 15) is 13.2 Å². The molecule has 0 spiro atoms. The number of nitrogens with one attached hydrogen (secondary N) is 1. The van der Waals surface area contributed by atoms with Gasteiger partial charge in [-0.1, -0.05) is 18.0 Å². The molecule has 8 heteroatoms. The molecular weight excluding hydrogens is 389 g/mol. The van der Waals surface area contributed by atoms with Crippen LogP contribution in [0.2, 0.25) is 5.02 Å². The highest BCUT2D eigenvalue weighted by Gasteiger charge is 2.36. The lowest BCUT2D eigenvalue weighted by molar-refractivity contribution is -0.137. The summed E-state index contributed by atoms with van der Waals surface area (Å²) >= 11 is 5.86. The second-order valence-corrected chi connectivity index (χ2v) is 8.00. The summed E-state index contributed by atoms with van der Waals surface area (Å²) in [7, 11) is 0. The van der Waals surface area contributed by atoms with Gasteiger partial charge < -0.3 is 5.32 Å². The summed E-state index contributed by atoms with van der Waals surface area (Å²) in [5.74, 6) is 0.692. The number of rotatable bonds is 3. The van der Waals surface area contributed by atoms with Gasteiger partial charge in [0.15, 0.2) is 0 Å². The number of fused-ring (bicyclic) bond motifs is 1. The summed E-state index contributed by atoms with van der Waals surface area (Å²) in [6.07, 6.45) is 1.89. The maximum atomic E-state index is 13.7. The van der Waals surface area contributed by atoms with Crippen LogP contribution in [0, 0.1) is 0 Å². The van der Waals surface area contributed by atoms with E-state index >= 15 is 0 Å². The fraction of sp³-hybridized carbons (Fsp3) is 0.550. The SMILES string of the molecule is FC(F)(F)c1cc(Cl)ccc1-n1nc(CN2CCCCC2)c2c1NCCCC2. The van der Waals surface area contributed by atoms with Crippen LogP contribution in [0.25, 0.3) is 5.69 Å². The number of benzene rings is 1. The first-order chi connectivity index (χ1) is 13.4. The molecular formula is C20H24ClF3N4. The average molecular weight is 413 g/mol. The zero-order valence-electron chi connectivity index (χ0n) is 15.7. The van der Waals surface area contributed by atoms with Crippen LogP contribution < -0.4 is 5.32 Å². The second-order valence-electron chi connectivity index (χ2n) is 7.57. The standard InChI is InChI=1S/C20H24ClF3N4/c21-14-7-8-18(16(12-14)20(22,23)24)28-19-15(6-2-3-9-25-19)17(26-28)13-27-10-4-1-5-11-27/h7-8,12,25H,1-6,9-11,13H2. The normalized spacial score (nSPS) is 18.4. The topological polar surface area (TPSA) is 33.1 Å². The Bertz CT molecular complexity index is 841. The van der Waals surface area contributed by atoms with Gasteiger partial charge in [-0.25, -0.2) is 4.68 Å². The van der Waals surface area contributed by atoms with Gasteiger partial charge in [-0.15, -0.1) is 0 Å². The van der Waals surface area contributed by atoms with Crippen molar-refractivity contribution in [2.24, 2.45) is 0 Å². The number of piperidine rings is 1. The molecule has 2 aliphatic heterocycles. The van der Waals surface area contributed by atoms with Gasteiger partial charge in [0.1, 0.15) is 5.82 Å². The van der Waals surface area contributed by atoms with Crippen molar-refractivity contribution in [3.8, 4) is 5.69 Å². The summed E-state index contributed by atoms with van der Waals surface area (Å²) in [5, 5.41) is 8.06. The predicted octanol–water partition coefficient (Wildman–Crippen LogP) is 5.28. The number of nitrogens with zero attached hydrogens (tertiary/aromatic N) is 3. The maximum absolute atomic E-state index is 13.7. The molecule has 1 saturated heterocycles. The minimum Gasteiger partial charge on any atom is -0.370 e. The number of likely N-dealkylation sites (tertiary alicyclic amines) is 1. The minimum atomic E-state index is -4.50. The highest BCUT2D eigenvalue weighted by atomic mass is 35.5. The summed E-state index contributed by atoms with van der Waals surface area (Å²) in [5.41, 5.74) is 1.19. The minimum absolute atomic E-state index is 0.0208. The van der Waals surface area contributed by atoms with Gasteiger partial charge in [-0.05, 0) is 63.4 Å². The molecule has 1 aromatic heterocycles. The second kappa shape index (κ2) is 7.95. The van der Waals surface area contributed by atoms with Crippen molar-refractivity contribution >= 4 is 17.4 Å². The third-order valence-corrected chi connectivity index (χ3v) is 5.76. The lowest BCUT2D eigenvalue weighted by atomic mass is 10.1. The number of alkyl halides is 3. The van der Waals surface area contributed by atoms with Gasteiger partial charge in [0.2, 0.25) is 0 Å². The van der Waals surface area contributed by atoms with Crippen molar-refractivity contribution in [2.45, 2.75) is 51.2 Å². The molecule has 0 saturated carbocycles. The molecule has 1 fully saturated rings. The fourth-order valence-corrected chi connectivity index (χ4v) is 4.30. The molecule has 4 rings (SSSR count). The van der Waals surface area contributed by atoms with E-state index < -0.39 is 11.7 Å². The Hall–Kier alpha value is -1.73. The lowest BCUT2D eigenvalue weighted by Crippen LogP contribution is -2.29. The molecule has 1 N–H and O–H groups in total. The smallest absolute Gasteiger partial charge is 0.370 e. The van der Waals surface area contributed by atoms with E-state index in [1.165, 1.54) is 23.2 Å². The van der Waals surface area contributed by atoms with E-state index in [4.69, 9.17) is 11.6 Å². The Morgan fingerprint density at radius 2 is 1.86 bits per heavy atom. The van der Waals surface area contributed by atoms with Crippen molar-refractivity contribution in [1.82, 2.24) is 14.7 Å². The number of halogens is 4. The largest absolute Gasteiger partial charge is 0.418 e. The van der Waals surface area contributed by atoms with E-state index in [0.29, 0.717) is 12.4 Å². The van der Waals surface area contributed by atoms with Crippen LogP contribution >= 0.6 is 11.6 Å². The predicted molar refractivity (Wildman–Crippen MR) is 104 cm³/mol. The van der Waals surface area contributed by atoms with Crippen molar-refractivity contribution in [1.29, 1.82) is 0 Å². The molecule has 2 aliphatic rings. The van der Waals surface area contributed by atoms with Crippen LogP contribution in [-0.2, 0) is 19.1 Å². The Balaban J connectivity index is 1.79. The zero-order chi connectivity index (χ0) is 19.7. The van der Waals surface area contributed by atoms with E-state index in [2.05, 4.69) is 15.3 Å². The van der Waals surface area contributed by atoms with Crippen LogP contribution in [-0.4, -0.2) is 34.3 Å². The zero-order valence-corrected chi connectivity index (χ0v) is 16.4. The van der Waals surface area contributed by atoms with Crippen molar-refractivity contribution in [2.75, 3.05) is 25.0 Å². The summed E-state index contributed by atoms with van der Waals surface area (Å²) in [4.78, 5) is 2.36. The maximum Gasteiger partial charge on any atom is 0.418 e. The molecule has 0 atom stereocenters. The van der Waals surface area contributed by atoms with Crippen molar-refractivity contribution in [3.05, 3.63) is 40.0 Å². The molecule has 0 bridgehead atoms.